The maximum atomic E-state index is 6.38. The van der Waals surface area contributed by atoms with Crippen LogP contribution in [0.3, 0.4) is 0 Å². The lowest BCUT2D eigenvalue weighted by molar-refractivity contribution is 0.513. The SMILES string of the molecule is Cc1ccc(Cl)cc1-c1nnc(C(Cl)c2ccccc2)o1. The molecule has 3 rings (SSSR count). The summed E-state index contributed by atoms with van der Waals surface area (Å²) < 4.78 is 5.71. The third kappa shape index (κ3) is 2.94. The van der Waals surface area contributed by atoms with Crippen molar-refractivity contribution in [3.05, 3.63) is 70.6 Å². The number of nitrogens with zero attached hydrogens (tertiary/aromatic N) is 2. The van der Waals surface area contributed by atoms with Crippen LogP contribution in [0.2, 0.25) is 5.02 Å². The molecule has 0 aliphatic carbocycles. The molecule has 1 atom stereocenters. The molecule has 0 saturated heterocycles. The van der Waals surface area contributed by atoms with Gasteiger partial charge in [-0.15, -0.1) is 21.8 Å². The lowest BCUT2D eigenvalue weighted by atomic mass is 10.1. The molecule has 21 heavy (non-hydrogen) atoms. The Morgan fingerprint density at radius 1 is 1.05 bits per heavy atom. The van der Waals surface area contributed by atoms with Crippen molar-refractivity contribution < 1.29 is 4.42 Å². The Bertz CT molecular complexity index is 756. The molecule has 0 spiro atoms. The molecule has 5 heteroatoms. The van der Waals surface area contributed by atoms with E-state index in [9.17, 15) is 0 Å². The summed E-state index contributed by atoms with van der Waals surface area (Å²) in [6.07, 6.45) is 0. The number of hydrogen-bond donors (Lipinski definition) is 0. The molecule has 0 radical (unpaired) electrons. The van der Waals surface area contributed by atoms with Crippen molar-refractivity contribution in [2.45, 2.75) is 12.3 Å². The molecule has 0 amide bonds. The van der Waals surface area contributed by atoms with Crippen LogP contribution in [-0.2, 0) is 0 Å². The predicted octanol–water partition coefficient (Wildman–Crippen LogP) is 5.03. The Hall–Kier alpha value is -1.84. The summed E-state index contributed by atoms with van der Waals surface area (Å²) in [6.45, 7) is 1.96. The van der Waals surface area contributed by atoms with Gasteiger partial charge in [-0.25, -0.2) is 0 Å². The number of rotatable bonds is 3. The second-order valence-electron chi connectivity index (χ2n) is 4.68. The largest absolute Gasteiger partial charge is 0.419 e. The average Bonchev–Trinajstić information content (AvgIpc) is 2.99. The van der Waals surface area contributed by atoms with E-state index >= 15 is 0 Å². The minimum Gasteiger partial charge on any atom is -0.419 e. The van der Waals surface area contributed by atoms with Crippen LogP contribution in [0.25, 0.3) is 11.5 Å². The molecule has 1 unspecified atom stereocenters. The molecular formula is C16H12Cl2N2O. The van der Waals surface area contributed by atoms with E-state index in [2.05, 4.69) is 10.2 Å². The second-order valence-corrected chi connectivity index (χ2v) is 5.55. The summed E-state index contributed by atoms with van der Waals surface area (Å²) in [7, 11) is 0. The molecule has 0 fully saturated rings. The zero-order chi connectivity index (χ0) is 14.8. The highest BCUT2D eigenvalue weighted by Crippen LogP contribution is 2.31. The minimum atomic E-state index is -0.466. The number of halogens is 2. The Morgan fingerprint density at radius 2 is 1.81 bits per heavy atom. The van der Waals surface area contributed by atoms with E-state index in [-0.39, 0.29) is 0 Å². The number of hydrogen-bond acceptors (Lipinski definition) is 3. The van der Waals surface area contributed by atoms with Crippen LogP contribution in [-0.4, -0.2) is 10.2 Å². The Labute approximate surface area is 132 Å². The fraction of sp³-hybridized carbons (Fsp3) is 0.125. The van der Waals surface area contributed by atoms with Gasteiger partial charge >= 0.3 is 0 Å². The minimum absolute atomic E-state index is 0.372. The Balaban J connectivity index is 1.95. The summed E-state index contributed by atoms with van der Waals surface area (Å²) in [5, 5.41) is 8.28. The van der Waals surface area contributed by atoms with E-state index < -0.39 is 5.38 Å². The molecule has 0 aliphatic rings. The monoisotopic (exact) mass is 318 g/mol. The van der Waals surface area contributed by atoms with Crippen molar-refractivity contribution in [3.8, 4) is 11.5 Å². The first-order valence-corrected chi connectivity index (χ1v) is 7.25. The van der Waals surface area contributed by atoms with Crippen molar-refractivity contribution in [2.24, 2.45) is 0 Å². The van der Waals surface area contributed by atoms with E-state index in [0.29, 0.717) is 16.8 Å². The number of aromatic nitrogens is 2. The van der Waals surface area contributed by atoms with Crippen LogP contribution < -0.4 is 0 Å². The van der Waals surface area contributed by atoms with Gasteiger partial charge in [-0.05, 0) is 30.2 Å². The van der Waals surface area contributed by atoms with Gasteiger partial charge in [0.25, 0.3) is 0 Å². The highest BCUT2D eigenvalue weighted by atomic mass is 35.5. The first kappa shape index (κ1) is 14.1. The van der Waals surface area contributed by atoms with Gasteiger partial charge in [-0.3, -0.25) is 0 Å². The smallest absolute Gasteiger partial charge is 0.248 e. The van der Waals surface area contributed by atoms with Crippen molar-refractivity contribution in [3.63, 3.8) is 0 Å². The zero-order valence-electron chi connectivity index (χ0n) is 11.3. The van der Waals surface area contributed by atoms with Crippen LogP contribution in [0.1, 0.15) is 22.4 Å². The lowest BCUT2D eigenvalue weighted by Gasteiger charge is -2.04. The van der Waals surface area contributed by atoms with Gasteiger partial charge in [0.05, 0.1) is 0 Å². The summed E-state index contributed by atoms with van der Waals surface area (Å²) in [4.78, 5) is 0. The highest BCUT2D eigenvalue weighted by Gasteiger charge is 2.19. The maximum absolute atomic E-state index is 6.38. The van der Waals surface area contributed by atoms with Gasteiger partial charge in [-0.1, -0.05) is 48.0 Å². The molecule has 1 aromatic heterocycles. The number of alkyl halides is 1. The molecular weight excluding hydrogens is 307 g/mol. The molecule has 2 aromatic carbocycles. The van der Waals surface area contributed by atoms with Crippen LogP contribution >= 0.6 is 23.2 Å². The van der Waals surface area contributed by atoms with E-state index in [1.807, 2.05) is 49.4 Å². The fourth-order valence-corrected chi connectivity index (χ4v) is 2.44. The van der Waals surface area contributed by atoms with Crippen LogP contribution in [0.4, 0.5) is 0 Å². The first-order chi connectivity index (χ1) is 10.1. The molecule has 0 bridgehead atoms. The Morgan fingerprint density at radius 3 is 2.57 bits per heavy atom. The number of benzene rings is 2. The van der Waals surface area contributed by atoms with Gasteiger partial charge in [0.2, 0.25) is 11.8 Å². The third-order valence-corrected chi connectivity index (χ3v) is 3.85. The van der Waals surface area contributed by atoms with Crippen LogP contribution in [0, 0.1) is 6.92 Å². The second kappa shape index (κ2) is 5.88. The van der Waals surface area contributed by atoms with Crippen LogP contribution in [0.5, 0.6) is 0 Å². The average molecular weight is 319 g/mol. The molecule has 0 aliphatic heterocycles. The quantitative estimate of drug-likeness (QED) is 0.636. The standard InChI is InChI=1S/C16H12Cl2N2O/c1-10-7-8-12(17)9-13(10)15-19-20-16(21-15)14(18)11-5-3-2-4-6-11/h2-9,14H,1H3. The van der Waals surface area contributed by atoms with Crippen molar-refractivity contribution >= 4 is 23.2 Å². The molecule has 0 N–H and O–H groups in total. The molecule has 1 heterocycles. The van der Waals surface area contributed by atoms with Gasteiger partial charge in [0.15, 0.2) is 0 Å². The summed E-state index contributed by atoms with van der Waals surface area (Å²) >= 11 is 12.4. The molecule has 3 nitrogen and oxygen atoms in total. The summed E-state index contributed by atoms with van der Waals surface area (Å²) in [6, 6.07) is 15.2. The van der Waals surface area contributed by atoms with Crippen molar-refractivity contribution in [1.82, 2.24) is 10.2 Å². The van der Waals surface area contributed by atoms with E-state index in [1.165, 1.54) is 0 Å². The molecule has 106 valence electrons. The predicted molar refractivity (Wildman–Crippen MR) is 83.6 cm³/mol. The topological polar surface area (TPSA) is 38.9 Å². The lowest BCUT2D eigenvalue weighted by Crippen LogP contribution is -1.92. The summed E-state index contributed by atoms with van der Waals surface area (Å²) in [5.41, 5.74) is 2.75. The maximum Gasteiger partial charge on any atom is 0.248 e. The molecule has 0 saturated carbocycles. The van der Waals surface area contributed by atoms with Gasteiger partial charge in [0.1, 0.15) is 5.38 Å². The van der Waals surface area contributed by atoms with Gasteiger partial charge < -0.3 is 4.42 Å². The van der Waals surface area contributed by atoms with Gasteiger partial charge in [-0.2, -0.15) is 0 Å². The number of aryl methyl sites for hydroxylation is 1. The fourth-order valence-electron chi connectivity index (χ4n) is 2.04. The summed E-state index contributed by atoms with van der Waals surface area (Å²) in [5.74, 6) is 0.795. The van der Waals surface area contributed by atoms with Gasteiger partial charge in [0, 0.05) is 10.6 Å². The highest BCUT2D eigenvalue weighted by molar-refractivity contribution is 6.30. The normalized spacial score (nSPS) is 12.3. The molecule has 3 aromatic rings. The van der Waals surface area contributed by atoms with E-state index in [1.54, 1.807) is 6.07 Å². The first-order valence-electron chi connectivity index (χ1n) is 6.44. The van der Waals surface area contributed by atoms with E-state index in [4.69, 9.17) is 27.6 Å². The Kier molecular flexibility index (Phi) is 3.95. The van der Waals surface area contributed by atoms with E-state index in [0.717, 1.165) is 16.7 Å². The van der Waals surface area contributed by atoms with Crippen molar-refractivity contribution in [2.75, 3.05) is 0 Å². The van der Waals surface area contributed by atoms with Crippen LogP contribution in [0.15, 0.2) is 52.9 Å². The third-order valence-electron chi connectivity index (χ3n) is 3.18. The van der Waals surface area contributed by atoms with Crippen molar-refractivity contribution in [1.29, 1.82) is 0 Å². The zero-order valence-corrected chi connectivity index (χ0v) is 12.8.